The summed E-state index contributed by atoms with van der Waals surface area (Å²) in [5.41, 5.74) is 6.38. The number of carbonyl (C=O) groups excluding carboxylic acids is 1. The second-order valence-electron chi connectivity index (χ2n) is 5.65. The average molecular weight is 311 g/mol. The van der Waals surface area contributed by atoms with Gasteiger partial charge in [-0.2, -0.15) is 5.10 Å². The summed E-state index contributed by atoms with van der Waals surface area (Å²) in [6, 6.07) is 10.9. The van der Waals surface area contributed by atoms with E-state index in [0.717, 1.165) is 22.4 Å². The molecular weight excluding hydrogens is 290 g/mol. The molecule has 1 amide bonds. The molecule has 0 unspecified atom stereocenters. The maximum atomic E-state index is 12.1. The first kappa shape index (κ1) is 16.5. The number of phenols is 1. The topological polar surface area (TPSA) is 64.9 Å². The zero-order valence-electron chi connectivity index (χ0n) is 13.8. The molecule has 23 heavy (non-hydrogen) atoms. The van der Waals surface area contributed by atoms with E-state index < -0.39 is 0 Å². The molecule has 0 radical (unpaired) electrons. The molecule has 5 nitrogen and oxygen atoms in total. The number of hydrogen-bond donors (Lipinski definition) is 2. The van der Waals surface area contributed by atoms with Crippen LogP contribution in [0, 0.1) is 13.8 Å². The lowest BCUT2D eigenvalue weighted by Crippen LogP contribution is -2.18. The molecule has 0 saturated carbocycles. The van der Waals surface area contributed by atoms with Crippen LogP contribution in [0.15, 0.2) is 41.5 Å². The molecule has 0 aliphatic heterocycles. The van der Waals surface area contributed by atoms with Crippen LogP contribution < -0.4 is 10.3 Å². The summed E-state index contributed by atoms with van der Waals surface area (Å²) in [6.45, 7) is 3.65. The number of nitrogens with one attached hydrogen (secondary N) is 1. The summed E-state index contributed by atoms with van der Waals surface area (Å²) in [5, 5.41) is 13.7. The Morgan fingerprint density at radius 1 is 1.17 bits per heavy atom. The molecule has 5 heteroatoms. The number of hydrazone groups is 1. The third-order valence-electron chi connectivity index (χ3n) is 3.52. The number of aromatic hydroxyl groups is 1. The quantitative estimate of drug-likeness (QED) is 0.674. The molecule has 2 aromatic rings. The van der Waals surface area contributed by atoms with Gasteiger partial charge >= 0.3 is 0 Å². The molecule has 2 N–H and O–H groups in total. The lowest BCUT2D eigenvalue weighted by atomic mass is 10.1. The van der Waals surface area contributed by atoms with Crippen LogP contribution in [0.25, 0.3) is 0 Å². The van der Waals surface area contributed by atoms with Crippen molar-refractivity contribution in [2.24, 2.45) is 5.10 Å². The maximum Gasteiger partial charge on any atom is 0.271 e. The molecule has 0 saturated heterocycles. The van der Waals surface area contributed by atoms with Crippen LogP contribution in [0.3, 0.4) is 0 Å². The van der Waals surface area contributed by atoms with E-state index >= 15 is 0 Å². The number of nitrogens with zero attached hydrogens (tertiary/aromatic N) is 2. The van der Waals surface area contributed by atoms with Crippen LogP contribution in [0.4, 0.5) is 5.69 Å². The number of rotatable bonds is 4. The van der Waals surface area contributed by atoms with Crippen LogP contribution in [-0.4, -0.2) is 31.3 Å². The number of benzene rings is 2. The molecule has 0 fully saturated rings. The Morgan fingerprint density at radius 2 is 1.83 bits per heavy atom. The first-order valence-electron chi connectivity index (χ1n) is 7.29. The van der Waals surface area contributed by atoms with Gasteiger partial charge in [-0.1, -0.05) is 6.07 Å². The van der Waals surface area contributed by atoms with Crippen molar-refractivity contribution in [1.82, 2.24) is 5.43 Å². The highest BCUT2D eigenvalue weighted by Gasteiger charge is 2.06. The summed E-state index contributed by atoms with van der Waals surface area (Å²) >= 11 is 0. The Labute approximate surface area is 136 Å². The van der Waals surface area contributed by atoms with Crippen molar-refractivity contribution in [3.63, 3.8) is 0 Å². The molecule has 0 aromatic heterocycles. The molecule has 120 valence electrons. The summed E-state index contributed by atoms with van der Waals surface area (Å²) in [7, 11) is 3.84. The van der Waals surface area contributed by atoms with Crippen LogP contribution in [0.5, 0.6) is 5.75 Å². The summed E-state index contributed by atoms with van der Waals surface area (Å²) in [4.78, 5) is 14.0. The molecule has 2 rings (SSSR count). The molecular formula is C18H21N3O2. The fraction of sp³-hybridized carbons (Fsp3) is 0.222. The van der Waals surface area contributed by atoms with E-state index in [1.165, 1.54) is 0 Å². The Balaban J connectivity index is 2.08. The van der Waals surface area contributed by atoms with Crippen molar-refractivity contribution in [1.29, 1.82) is 0 Å². The Morgan fingerprint density at radius 3 is 2.43 bits per heavy atom. The van der Waals surface area contributed by atoms with Gasteiger partial charge in [0.1, 0.15) is 5.75 Å². The molecule has 2 aromatic carbocycles. The highest BCUT2D eigenvalue weighted by Crippen LogP contribution is 2.22. The SMILES string of the molecule is Cc1cc(C=NNC(=O)c2cccc(N(C)C)c2)cc(C)c1O. The minimum absolute atomic E-state index is 0.267. The van der Waals surface area contributed by atoms with Crippen LogP contribution >= 0.6 is 0 Å². The van der Waals surface area contributed by atoms with Crippen LogP contribution in [-0.2, 0) is 0 Å². The first-order valence-corrected chi connectivity index (χ1v) is 7.29. The fourth-order valence-electron chi connectivity index (χ4n) is 2.22. The lowest BCUT2D eigenvalue weighted by Gasteiger charge is -2.12. The fourth-order valence-corrected chi connectivity index (χ4v) is 2.22. The number of hydrogen-bond acceptors (Lipinski definition) is 4. The second-order valence-corrected chi connectivity index (χ2v) is 5.65. The highest BCUT2D eigenvalue weighted by molar-refractivity contribution is 5.95. The van der Waals surface area contributed by atoms with E-state index in [9.17, 15) is 9.90 Å². The maximum absolute atomic E-state index is 12.1. The zero-order valence-corrected chi connectivity index (χ0v) is 13.8. The Kier molecular flexibility index (Phi) is 5.01. The smallest absolute Gasteiger partial charge is 0.271 e. The third kappa shape index (κ3) is 4.10. The van der Waals surface area contributed by atoms with E-state index in [1.54, 1.807) is 18.3 Å². The Bertz CT molecular complexity index is 729. The monoisotopic (exact) mass is 311 g/mol. The van der Waals surface area contributed by atoms with Gasteiger partial charge < -0.3 is 10.0 Å². The average Bonchev–Trinajstić information content (AvgIpc) is 2.52. The van der Waals surface area contributed by atoms with Gasteiger partial charge in [-0.15, -0.1) is 0 Å². The second kappa shape index (κ2) is 6.96. The van der Waals surface area contributed by atoms with Gasteiger partial charge in [-0.3, -0.25) is 4.79 Å². The number of carbonyl (C=O) groups is 1. The molecule has 0 aliphatic rings. The minimum Gasteiger partial charge on any atom is -0.507 e. The van der Waals surface area contributed by atoms with E-state index in [4.69, 9.17) is 0 Å². The van der Waals surface area contributed by atoms with Gasteiger partial charge in [-0.25, -0.2) is 5.43 Å². The number of aryl methyl sites for hydroxylation is 2. The van der Waals surface area contributed by atoms with E-state index in [1.807, 2.05) is 57.1 Å². The van der Waals surface area contributed by atoms with Crippen molar-refractivity contribution in [2.45, 2.75) is 13.8 Å². The van der Waals surface area contributed by atoms with Crippen molar-refractivity contribution in [2.75, 3.05) is 19.0 Å². The first-order chi connectivity index (χ1) is 10.9. The summed E-state index contributed by atoms with van der Waals surface area (Å²) < 4.78 is 0. The summed E-state index contributed by atoms with van der Waals surface area (Å²) in [5.74, 6) is 0.0175. The van der Waals surface area contributed by atoms with Crippen molar-refractivity contribution in [3.05, 3.63) is 58.7 Å². The zero-order chi connectivity index (χ0) is 17.0. The van der Waals surface area contributed by atoms with Crippen molar-refractivity contribution in [3.8, 4) is 5.75 Å². The standard InChI is InChI=1S/C18H21N3O2/c1-12-8-14(9-13(2)17(12)22)11-19-20-18(23)15-6-5-7-16(10-15)21(3)4/h5-11,22H,1-4H3,(H,20,23). The number of phenolic OH excluding ortho intramolecular Hbond substituents is 1. The van der Waals surface area contributed by atoms with Crippen molar-refractivity contribution < 1.29 is 9.90 Å². The lowest BCUT2D eigenvalue weighted by molar-refractivity contribution is 0.0955. The van der Waals surface area contributed by atoms with Gasteiger partial charge in [0.2, 0.25) is 0 Å². The molecule has 0 aliphatic carbocycles. The summed E-state index contributed by atoms with van der Waals surface area (Å²) in [6.07, 6.45) is 1.56. The van der Waals surface area contributed by atoms with Crippen molar-refractivity contribution >= 4 is 17.8 Å². The number of amides is 1. The Hall–Kier alpha value is -2.82. The number of anilines is 1. The largest absolute Gasteiger partial charge is 0.507 e. The third-order valence-corrected chi connectivity index (χ3v) is 3.52. The predicted octanol–water partition coefficient (Wildman–Crippen LogP) is 2.84. The van der Waals surface area contributed by atoms with E-state index in [2.05, 4.69) is 10.5 Å². The van der Waals surface area contributed by atoms with E-state index in [0.29, 0.717) is 5.56 Å². The van der Waals surface area contributed by atoms with Gasteiger partial charge in [0, 0.05) is 25.3 Å². The molecule has 0 spiro atoms. The van der Waals surface area contributed by atoms with Crippen LogP contribution in [0.1, 0.15) is 27.0 Å². The molecule has 0 atom stereocenters. The molecule has 0 heterocycles. The van der Waals surface area contributed by atoms with Gasteiger partial charge in [-0.05, 0) is 60.9 Å². The van der Waals surface area contributed by atoms with Gasteiger partial charge in [0.05, 0.1) is 6.21 Å². The van der Waals surface area contributed by atoms with E-state index in [-0.39, 0.29) is 11.7 Å². The molecule has 0 bridgehead atoms. The minimum atomic E-state index is -0.267. The van der Waals surface area contributed by atoms with Gasteiger partial charge in [0.15, 0.2) is 0 Å². The van der Waals surface area contributed by atoms with Crippen LogP contribution in [0.2, 0.25) is 0 Å². The van der Waals surface area contributed by atoms with Gasteiger partial charge in [0.25, 0.3) is 5.91 Å². The normalized spacial score (nSPS) is 10.8. The predicted molar refractivity (Wildman–Crippen MR) is 93.4 cm³/mol. The highest BCUT2D eigenvalue weighted by atomic mass is 16.3.